The summed E-state index contributed by atoms with van der Waals surface area (Å²) in [6.07, 6.45) is 1.79. The van der Waals surface area contributed by atoms with Crippen molar-refractivity contribution in [3.05, 3.63) is 46.1 Å². The Labute approximate surface area is 114 Å². The highest BCUT2D eigenvalue weighted by Crippen LogP contribution is 2.28. The first-order valence-electron chi connectivity index (χ1n) is 5.41. The largest absolute Gasteiger partial charge is 0.337 e. The van der Waals surface area contributed by atoms with Crippen molar-refractivity contribution in [1.82, 2.24) is 15.0 Å². The summed E-state index contributed by atoms with van der Waals surface area (Å²) >= 11 is 11.9. The molecular weight excluding hydrogens is 269 g/mol. The van der Waals surface area contributed by atoms with Crippen LogP contribution in [-0.2, 0) is 0 Å². The maximum absolute atomic E-state index is 6.00. The number of pyridine rings is 1. The molecule has 5 heteroatoms. The number of imidazole rings is 1. The van der Waals surface area contributed by atoms with E-state index in [1.54, 1.807) is 18.3 Å². The van der Waals surface area contributed by atoms with Gasteiger partial charge in [-0.1, -0.05) is 23.2 Å². The van der Waals surface area contributed by atoms with Gasteiger partial charge < -0.3 is 4.98 Å². The van der Waals surface area contributed by atoms with Crippen LogP contribution in [0.3, 0.4) is 0 Å². The fraction of sp³-hybridized carbons (Fsp3) is 0.0769. The number of nitrogens with one attached hydrogen (secondary N) is 1. The highest BCUT2D eigenvalue weighted by Gasteiger charge is 2.08. The fourth-order valence-electron chi connectivity index (χ4n) is 1.78. The summed E-state index contributed by atoms with van der Waals surface area (Å²) in [5, 5.41) is 1.05. The average Bonchev–Trinajstić information content (AvgIpc) is 2.75. The molecule has 0 radical (unpaired) electrons. The molecule has 1 aromatic carbocycles. The molecule has 0 fully saturated rings. The second-order valence-corrected chi connectivity index (χ2v) is 4.91. The quantitative estimate of drug-likeness (QED) is 0.723. The van der Waals surface area contributed by atoms with E-state index in [1.807, 2.05) is 19.1 Å². The number of halogens is 2. The SMILES string of the molecule is Cc1cnc2nc(-c3ccc(Cl)c(Cl)c3)[nH]c2c1. The normalized spacial score (nSPS) is 11.1. The molecule has 0 spiro atoms. The summed E-state index contributed by atoms with van der Waals surface area (Å²) in [6.45, 7) is 1.99. The number of aryl methyl sites for hydroxylation is 1. The van der Waals surface area contributed by atoms with Crippen LogP contribution in [0.15, 0.2) is 30.5 Å². The number of fused-ring (bicyclic) bond motifs is 1. The maximum Gasteiger partial charge on any atom is 0.178 e. The number of aromatic amines is 1. The summed E-state index contributed by atoms with van der Waals surface area (Å²) in [5.41, 5.74) is 3.59. The third-order valence-corrected chi connectivity index (χ3v) is 3.41. The zero-order valence-corrected chi connectivity index (χ0v) is 11.0. The van der Waals surface area contributed by atoms with Crippen LogP contribution in [0.5, 0.6) is 0 Å². The third-order valence-electron chi connectivity index (χ3n) is 2.67. The zero-order chi connectivity index (χ0) is 12.7. The molecule has 0 bridgehead atoms. The minimum Gasteiger partial charge on any atom is -0.337 e. The fourth-order valence-corrected chi connectivity index (χ4v) is 2.08. The Morgan fingerprint density at radius 3 is 2.72 bits per heavy atom. The van der Waals surface area contributed by atoms with Gasteiger partial charge in [-0.15, -0.1) is 0 Å². The molecular formula is C13H9Cl2N3. The van der Waals surface area contributed by atoms with Crippen molar-refractivity contribution >= 4 is 34.4 Å². The van der Waals surface area contributed by atoms with Crippen LogP contribution in [0.1, 0.15) is 5.56 Å². The molecule has 0 unspecified atom stereocenters. The summed E-state index contributed by atoms with van der Waals surface area (Å²) < 4.78 is 0. The second-order valence-electron chi connectivity index (χ2n) is 4.10. The molecule has 0 aliphatic heterocycles. The molecule has 3 nitrogen and oxygen atoms in total. The highest BCUT2D eigenvalue weighted by molar-refractivity contribution is 6.42. The molecule has 2 aromatic heterocycles. The molecule has 0 amide bonds. The van der Waals surface area contributed by atoms with Crippen molar-refractivity contribution in [1.29, 1.82) is 0 Å². The van der Waals surface area contributed by atoms with E-state index in [-0.39, 0.29) is 0 Å². The standard InChI is InChI=1S/C13H9Cl2N3/c1-7-4-11-13(16-6-7)18-12(17-11)8-2-3-9(14)10(15)5-8/h2-6H,1H3,(H,16,17,18). The van der Waals surface area contributed by atoms with Crippen LogP contribution in [0, 0.1) is 6.92 Å². The van der Waals surface area contributed by atoms with E-state index in [9.17, 15) is 0 Å². The van der Waals surface area contributed by atoms with Crippen molar-refractivity contribution in [3.63, 3.8) is 0 Å². The number of benzene rings is 1. The summed E-state index contributed by atoms with van der Waals surface area (Å²) in [4.78, 5) is 11.9. The van der Waals surface area contributed by atoms with Gasteiger partial charge in [0, 0.05) is 11.8 Å². The number of rotatable bonds is 1. The van der Waals surface area contributed by atoms with E-state index in [4.69, 9.17) is 23.2 Å². The van der Waals surface area contributed by atoms with Gasteiger partial charge in [0.2, 0.25) is 0 Å². The van der Waals surface area contributed by atoms with E-state index in [0.29, 0.717) is 15.7 Å². The number of aromatic nitrogens is 3. The maximum atomic E-state index is 6.00. The lowest BCUT2D eigenvalue weighted by Gasteiger charge is -1.99. The van der Waals surface area contributed by atoms with Crippen molar-refractivity contribution in [2.24, 2.45) is 0 Å². The Morgan fingerprint density at radius 2 is 1.94 bits per heavy atom. The van der Waals surface area contributed by atoms with Gasteiger partial charge in [0.15, 0.2) is 5.65 Å². The zero-order valence-electron chi connectivity index (χ0n) is 9.54. The van der Waals surface area contributed by atoms with Crippen LogP contribution in [0.25, 0.3) is 22.6 Å². The van der Waals surface area contributed by atoms with Crippen LogP contribution >= 0.6 is 23.2 Å². The topological polar surface area (TPSA) is 41.6 Å². The molecule has 90 valence electrons. The lowest BCUT2D eigenvalue weighted by atomic mass is 10.2. The predicted molar refractivity (Wildman–Crippen MR) is 74.1 cm³/mol. The second kappa shape index (κ2) is 4.26. The van der Waals surface area contributed by atoms with Gasteiger partial charge in [0.25, 0.3) is 0 Å². The monoisotopic (exact) mass is 277 g/mol. The van der Waals surface area contributed by atoms with Gasteiger partial charge in [-0.2, -0.15) is 0 Å². The molecule has 0 aliphatic rings. The van der Waals surface area contributed by atoms with Crippen molar-refractivity contribution in [2.45, 2.75) is 6.92 Å². The van der Waals surface area contributed by atoms with Crippen LogP contribution < -0.4 is 0 Å². The first-order valence-corrected chi connectivity index (χ1v) is 6.17. The molecule has 0 atom stereocenters. The lowest BCUT2D eigenvalue weighted by molar-refractivity contribution is 1.28. The Hall–Kier alpha value is -1.58. The molecule has 0 saturated carbocycles. The molecule has 1 N–H and O–H groups in total. The van der Waals surface area contributed by atoms with Crippen molar-refractivity contribution in [3.8, 4) is 11.4 Å². The minimum atomic E-state index is 0.513. The summed E-state index contributed by atoms with van der Waals surface area (Å²) in [6, 6.07) is 7.43. The Morgan fingerprint density at radius 1 is 1.11 bits per heavy atom. The Balaban J connectivity index is 2.16. The summed E-state index contributed by atoms with van der Waals surface area (Å²) in [5.74, 6) is 0.738. The van der Waals surface area contributed by atoms with Crippen LogP contribution in [0.4, 0.5) is 0 Å². The lowest BCUT2D eigenvalue weighted by Crippen LogP contribution is -1.80. The molecule has 0 aliphatic carbocycles. The van der Waals surface area contributed by atoms with Gasteiger partial charge in [0.05, 0.1) is 15.6 Å². The van der Waals surface area contributed by atoms with E-state index >= 15 is 0 Å². The number of H-pyrrole nitrogens is 1. The van der Waals surface area contributed by atoms with Crippen molar-refractivity contribution < 1.29 is 0 Å². The number of nitrogens with zero attached hydrogens (tertiary/aromatic N) is 2. The predicted octanol–water partition coefficient (Wildman–Crippen LogP) is 4.24. The Bertz CT molecular complexity index is 734. The Kier molecular flexibility index (Phi) is 2.73. The van der Waals surface area contributed by atoms with Gasteiger partial charge in [-0.25, -0.2) is 9.97 Å². The molecule has 18 heavy (non-hydrogen) atoms. The molecule has 3 rings (SSSR count). The number of hydrogen-bond donors (Lipinski definition) is 1. The van der Waals surface area contributed by atoms with E-state index in [1.165, 1.54) is 0 Å². The van der Waals surface area contributed by atoms with Gasteiger partial charge in [-0.3, -0.25) is 0 Å². The third kappa shape index (κ3) is 1.96. The van der Waals surface area contributed by atoms with E-state index in [2.05, 4.69) is 15.0 Å². The summed E-state index contributed by atoms with van der Waals surface area (Å²) in [7, 11) is 0. The minimum absolute atomic E-state index is 0.513. The van der Waals surface area contributed by atoms with Gasteiger partial charge >= 0.3 is 0 Å². The molecule has 2 heterocycles. The van der Waals surface area contributed by atoms with E-state index < -0.39 is 0 Å². The molecule has 0 saturated heterocycles. The first-order chi connectivity index (χ1) is 8.63. The average molecular weight is 278 g/mol. The highest BCUT2D eigenvalue weighted by atomic mass is 35.5. The van der Waals surface area contributed by atoms with Crippen LogP contribution in [-0.4, -0.2) is 15.0 Å². The van der Waals surface area contributed by atoms with Gasteiger partial charge in [-0.05, 0) is 36.8 Å². The first kappa shape index (κ1) is 11.5. The number of hydrogen-bond acceptors (Lipinski definition) is 2. The van der Waals surface area contributed by atoms with E-state index in [0.717, 1.165) is 22.5 Å². The van der Waals surface area contributed by atoms with Crippen molar-refractivity contribution in [2.75, 3.05) is 0 Å². The molecule has 3 aromatic rings. The smallest absolute Gasteiger partial charge is 0.178 e. The van der Waals surface area contributed by atoms with Crippen LogP contribution in [0.2, 0.25) is 10.0 Å². The van der Waals surface area contributed by atoms with Gasteiger partial charge in [0.1, 0.15) is 5.82 Å².